The van der Waals surface area contributed by atoms with Crippen molar-refractivity contribution in [1.82, 2.24) is 0 Å². The summed E-state index contributed by atoms with van der Waals surface area (Å²) >= 11 is 0. The van der Waals surface area contributed by atoms with Gasteiger partial charge in [0.25, 0.3) is 0 Å². The number of hydrogen-bond donors (Lipinski definition) is 2. The second-order valence-corrected chi connectivity index (χ2v) is 5.12. The maximum absolute atomic E-state index is 12.2. The highest BCUT2D eigenvalue weighted by Gasteiger charge is 2.22. The number of ether oxygens (including phenoxy) is 2. The minimum absolute atomic E-state index is 0.0450. The number of carbonyl (C=O) groups excluding carboxylic acids is 1. The lowest BCUT2D eigenvalue weighted by Gasteiger charge is -2.21. The molecule has 1 aliphatic rings. The Labute approximate surface area is 119 Å². The molecule has 0 saturated heterocycles. The third-order valence-electron chi connectivity index (χ3n) is 3.79. The Morgan fingerprint density at radius 2 is 1.75 bits per heavy atom. The quantitative estimate of drug-likeness (QED) is 0.831. The van der Waals surface area contributed by atoms with Crippen LogP contribution in [0.4, 0.5) is 11.4 Å². The van der Waals surface area contributed by atoms with Crippen LogP contribution in [-0.4, -0.2) is 20.1 Å². The summed E-state index contributed by atoms with van der Waals surface area (Å²) < 4.78 is 10.4. The molecule has 1 fully saturated rings. The van der Waals surface area contributed by atoms with Crippen LogP contribution in [0, 0.1) is 5.92 Å². The van der Waals surface area contributed by atoms with Crippen molar-refractivity contribution in [3.8, 4) is 11.5 Å². The fourth-order valence-corrected chi connectivity index (χ4v) is 2.60. The van der Waals surface area contributed by atoms with Gasteiger partial charge in [-0.3, -0.25) is 4.79 Å². The molecule has 1 aromatic carbocycles. The Morgan fingerprint density at radius 1 is 1.15 bits per heavy atom. The summed E-state index contributed by atoms with van der Waals surface area (Å²) in [5.74, 6) is 1.25. The highest BCUT2D eigenvalue weighted by atomic mass is 16.5. The van der Waals surface area contributed by atoms with Crippen LogP contribution in [0.1, 0.15) is 32.1 Å². The third-order valence-corrected chi connectivity index (χ3v) is 3.79. The number of benzene rings is 1. The summed E-state index contributed by atoms with van der Waals surface area (Å²) in [5.41, 5.74) is 7.01. The molecule has 5 heteroatoms. The lowest BCUT2D eigenvalue weighted by atomic mass is 9.88. The number of nitrogens with one attached hydrogen (secondary N) is 1. The lowest BCUT2D eigenvalue weighted by Crippen LogP contribution is -2.25. The van der Waals surface area contributed by atoms with Gasteiger partial charge in [-0.25, -0.2) is 0 Å². The normalized spacial score (nSPS) is 15.7. The topological polar surface area (TPSA) is 73.6 Å². The first-order valence-corrected chi connectivity index (χ1v) is 6.98. The summed E-state index contributed by atoms with van der Waals surface area (Å²) in [4.78, 5) is 12.2. The van der Waals surface area contributed by atoms with Gasteiger partial charge in [-0.1, -0.05) is 19.3 Å². The second-order valence-electron chi connectivity index (χ2n) is 5.12. The zero-order valence-electron chi connectivity index (χ0n) is 12.1. The number of amides is 1. The molecule has 1 amide bonds. The summed E-state index contributed by atoms with van der Waals surface area (Å²) in [6.07, 6.45) is 5.39. The van der Waals surface area contributed by atoms with Crippen LogP contribution in [0.3, 0.4) is 0 Å². The van der Waals surface area contributed by atoms with Crippen molar-refractivity contribution in [2.75, 3.05) is 25.3 Å². The second kappa shape index (κ2) is 6.50. The first-order valence-electron chi connectivity index (χ1n) is 6.98. The van der Waals surface area contributed by atoms with Gasteiger partial charge in [-0.2, -0.15) is 0 Å². The van der Waals surface area contributed by atoms with Crippen LogP contribution in [0.5, 0.6) is 11.5 Å². The minimum atomic E-state index is 0.0450. The Kier molecular flexibility index (Phi) is 4.71. The fourth-order valence-electron chi connectivity index (χ4n) is 2.60. The molecule has 0 bridgehead atoms. The molecule has 0 spiro atoms. The molecule has 0 atom stereocenters. The summed E-state index contributed by atoms with van der Waals surface area (Å²) in [7, 11) is 3.11. The lowest BCUT2D eigenvalue weighted by molar-refractivity contribution is -0.120. The molecule has 1 saturated carbocycles. The van der Waals surface area contributed by atoms with E-state index in [1.54, 1.807) is 26.4 Å². The highest BCUT2D eigenvalue weighted by Crippen LogP contribution is 2.35. The maximum Gasteiger partial charge on any atom is 0.227 e. The zero-order valence-corrected chi connectivity index (χ0v) is 12.1. The summed E-state index contributed by atoms with van der Waals surface area (Å²) in [6, 6.07) is 3.37. The molecule has 0 unspecified atom stereocenters. The number of carbonyl (C=O) groups is 1. The molecule has 0 aliphatic heterocycles. The molecule has 0 heterocycles. The predicted octanol–water partition coefficient (Wildman–Crippen LogP) is 2.80. The van der Waals surface area contributed by atoms with Crippen molar-refractivity contribution in [3.63, 3.8) is 0 Å². The number of nitrogen functional groups attached to an aromatic ring is 1. The molecule has 3 N–H and O–H groups in total. The predicted molar refractivity (Wildman–Crippen MR) is 79.2 cm³/mol. The first kappa shape index (κ1) is 14.5. The average Bonchev–Trinajstić information content (AvgIpc) is 2.49. The minimum Gasteiger partial charge on any atom is -0.493 e. The van der Waals surface area contributed by atoms with Crippen LogP contribution in [-0.2, 0) is 4.79 Å². The van der Waals surface area contributed by atoms with Gasteiger partial charge in [0.1, 0.15) is 0 Å². The number of hydrogen-bond acceptors (Lipinski definition) is 4. The van der Waals surface area contributed by atoms with E-state index in [2.05, 4.69) is 5.32 Å². The van der Waals surface area contributed by atoms with Gasteiger partial charge in [-0.15, -0.1) is 0 Å². The van der Waals surface area contributed by atoms with E-state index in [4.69, 9.17) is 15.2 Å². The Hall–Kier alpha value is -1.91. The Morgan fingerprint density at radius 3 is 2.35 bits per heavy atom. The van der Waals surface area contributed by atoms with Gasteiger partial charge >= 0.3 is 0 Å². The third kappa shape index (κ3) is 3.15. The van der Waals surface area contributed by atoms with E-state index in [0.717, 1.165) is 25.7 Å². The molecular formula is C15H22N2O3. The van der Waals surface area contributed by atoms with E-state index >= 15 is 0 Å². The highest BCUT2D eigenvalue weighted by molar-refractivity contribution is 5.96. The van der Waals surface area contributed by atoms with Crippen LogP contribution in [0.15, 0.2) is 12.1 Å². The molecule has 1 aliphatic carbocycles. The van der Waals surface area contributed by atoms with Gasteiger partial charge in [-0.05, 0) is 12.8 Å². The van der Waals surface area contributed by atoms with Crippen LogP contribution in [0.25, 0.3) is 0 Å². The van der Waals surface area contributed by atoms with E-state index in [9.17, 15) is 4.79 Å². The number of methoxy groups -OCH3 is 2. The van der Waals surface area contributed by atoms with Crippen LogP contribution in [0.2, 0.25) is 0 Å². The van der Waals surface area contributed by atoms with Crippen molar-refractivity contribution >= 4 is 17.3 Å². The van der Waals surface area contributed by atoms with Gasteiger partial charge in [0.2, 0.25) is 5.91 Å². The van der Waals surface area contributed by atoms with E-state index in [-0.39, 0.29) is 11.8 Å². The monoisotopic (exact) mass is 278 g/mol. The van der Waals surface area contributed by atoms with Crippen LogP contribution < -0.4 is 20.5 Å². The number of rotatable bonds is 4. The molecule has 20 heavy (non-hydrogen) atoms. The molecule has 0 radical (unpaired) electrons. The summed E-state index contributed by atoms with van der Waals surface area (Å²) in [6.45, 7) is 0. The molecule has 5 nitrogen and oxygen atoms in total. The van der Waals surface area contributed by atoms with E-state index in [1.165, 1.54) is 6.42 Å². The molecular weight excluding hydrogens is 256 g/mol. The van der Waals surface area contributed by atoms with E-state index < -0.39 is 0 Å². The van der Waals surface area contributed by atoms with Gasteiger partial charge in [0, 0.05) is 18.1 Å². The van der Waals surface area contributed by atoms with Crippen molar-refractivity contribution < 1.29 is 14.3 Å². The SMILES string of the molecule is COc1cc(N)c(NC(=O)C2CCCCC2)cc1OC. The van der Waals surface area contributed by atoms with Gasteiger partial charge in [0.15, 0.2) is 11.5 Å². The molecule has 0 aromatic heterocycles. The van der Waals surface area contributed by atoms with Crippen molar-refractivity contribution in [2.24, 2.45) is 5.92 Å². The van der Waals surface area contributed by atoms with Gasteiger partial charge in [0.05, 0.1) is 25.6 Å². The average molecular weight is 278 g/mol. The Balaban J connectivity index is 2.13. The van der Waals surface area contributed by atoms with Crippen molar-refractivity contribution in [3.05, 3.63) is 12.1 Å². The summed E-state index contributed by atoms with van der Waals surface area (Å²) in [5, 5.41) is 2.91. The van der Waals surface area contributed by atoms with E-state index in [0.29, 0.717) is 22.9 Å². The fraction of sp³-hybridized carbons (Fsp3) is 0.533. The van der Waals surface area contributed by atoms with Crippen LogP contribution >= 0.6 is 0 Å². The smallest absolute Gasteiger partial charge is 0.227 e. The van der Waals surface area contributed by atoms with Crippen molar-refractivity contribution in [2.45, 2.75) is 32.1 Å². The maximum atomic E-state index is 12.2. The van der Waals surface area contributed by atoms with E-state index in [1.807, 2.05) is 0 Å². The first-order chi connectivity index (χ1) is 9.65. The zero-order chi connectivity index (χ0) is 14.5. The standard InChI is InChI=1S/C15H22N2O3/c1-19-13-8-11(16)12(9-14(13)20-2)17-15(18)10-6-4-3-5-7-10/h8-10H,3-7,16H2,1-2H3,(H,17,18). The number of anilines is 2. The van der Waals surface area contributed by atoms with Crippen molar-refractivity contribution in [1.29, 1.82) is 0 Å². The molecule has 2 rings (SSSR count). The molecule has 1 aromatic rings. The molecule has 110 valence electrons. The Bertz CT molecular complexity index is 482. The largest absolute Gasteiger partial charge is 0.493 e. The number of nitrogens with two attached hydrogens (primary N) is 1. The van der Waals surface area contributed by atoms with Gasteiger partial charge < -0.3 is 20.5 Å².